The molecular formula is C14H14ClN3O. The molecule has 0 atom stereocenters. The Bertz CT molecular complexity index is 611. The van der Waals surface area contributed by atoms with Gasteiger partial charge in [0.25, 0.3) is 5.91 Å². The molecule has 1 aliphatic carbocycles. The van der Waals surface area contributed by atoms with E-state index in [1.165, 1.54) is 0 Å². The zero-order valence-electron chi connectivity index (χ0n) is 10.6. The van der Waals surface area contributed by atoms with Gasteiger partial charge in [-0.2, -0.15) is 0 Å². The zero-order valence-corrected chi connectivity index (χ0v) is 11.3. The minimum Gasteiger partial charge on any atom is -0.340 e. The first-order chi connectivity index (χ1) is 9.16. The predicted octanol–water partition coefficient (Wildman–Crippen LogP) is 3.43. The summed E-state index contributed by atoms with van der Waals surface area (Å²) in [5.41, 5.74) is 2.15. The number of hydrogen-bond donors (Lipinski definition) is 1. The number of aryl methyl sites for hydroxylation is 1. The summed E-state index contributed by atoms with van der Waals surface area (Å²) in [6.07, 6.45) is 5.85. The van der Waals surface area contributed by atoms with Gasteiger partial charge in [-0.3, -0.25) is 4.79 Å². The maximum absolute atomic E-state index is 12.3. The Labute approximate surface area is 116 Å². The first kappa shape index (κ1) is 12.2. The molecule has 0 spiro atoms. The van der Waals surface area contributed by atoms with Gasteiger partial charge < -0.3 is 9.88 Å². The summed E-state index contributed by atoms with van der Waals surface area (Å²) in [5.74, 6) is -0.144. The first-order valence-corrected chi connectivity index (χ1v) is 6.64. The highest BCUT2D eigenvalue weighted by atomic mass is 35.5. The van der Waals surface area contributed by atoms with Gasteiger partial charge in [0.05, 0.1) is 5.69 Å². The van der Waals surface area contributed by atoms with Crippen LogP contribution in [0.3, 0.4) is 0 Å². The van der Waals surface area contributed by atoms with E-state index in [0.29, 0.717) is 22.6 Å². The standard InChI is InChI=1S/C14H14ClN3O/c1-9-6-7-16-13(15)12(9)17-14(19)11-3-2-8-18(11)10-4-5-10/h2-3,6-8,10H,4-5H2,1H3,(H,17,19). The third-order valence-electron chi connectivity index (χ3n) is 3.30. The molecule has 0 aliphatic heterocycles. The van der Waals surface area contributed by atoms with E-state index < -0.39 is 0 Å². The lowest BCUT2D eigenvalue weighted by molar-refractivity contribution is 0.101. The third-order valence-corrected chi connectivity index (χ3v) is 3.59. The molecule has 0 radical (unpaired) electrons. The third kappa shape index (κ3) is 2.36. The fourth-order valence-electron chi connectivity index (χ4n) is 2.11. The summed E-state index contributed by atoms with van der Waals surface area (Å²) < 4.78 is 2.02. The number of carbonyl (C=O) groups is 1. The molecule has 2 aromatic rings. The molecule has 2 heterocycles. The summed E-state index contributed by atoms with van der Waals surface area (Å²) >= 11 is 6.02. The summed E-state index contributed by atoms with van der Waals surface area (Å²) in [7, 11) is 0. The molecule has 1 saturated carbocycles. The number of rotatable bonds is 3. The van der Waals surface area contributed by atoms with E-state index in [4.69, 9.17) is 11.6 Å². The Morgan fingerprint density at radius 2 is 2.26 bits per heavy atom. The molecule has 0 bridgehead atoms. The molecule has 3 rings (SSSR count). The van der Waals surface area contributed by atoms with Gasteiger partial charge in [-0.25, -0.2) is 4.98 Å². The predicted molar refractivity (Wildman–Crippen MR) is 74.6 cm³/mol. The van der Waals surface area contributed by atoms with Crippen LogP contribution < -0.4 is 5.32 Å². The number of hydrogen-bond acceptors (Lipinski definition) is 2. The van der Waals surface area contributed by atoms with Crippen molar-refractivity contribution >= 4 is 23.2 Å². The average molecular weight is 276 g/mol. The maximum atomic E-state index is 12.3. The van der Waals surface area contributed by atoms with Gasteiger partial charge in [0.15, 0.2) is 5.15 Å². The number of nitrogens with one attached hydrogen (secondary N) is 1. The quantitative estimate of drug-likeness (QED) is 0.873. The minimum atomic E-state index is -0.144. The van der Waals surface area contributed by atoms with Gasteiger partial charge in [-0.15, -0.1) is 0 Å². The van der Waals surface area contributed by atoms with Gasteiger partial charge in [0.2, 0.25) is 0 Å². The number of aromatic nitrogens is 2. The van der Waals surface area contributed by atoms with Crippen LogP contribution in [0.15, 0.2) is 30.6 Å². The van der Waals surface area contributed by atoms with Crippen LogP contribution in [0, 0.1) is 6.92 Å². The smallest absolute Gasteiger partial charge is 0.272 e. The Hall–Kier alpha value is -1.81. The van der Waals surface area contributed by atoms with Crippen LogP contribution in [-0.2, 0) is 0 Å². The highest BCUT2D eigenvalue weighted by molar-refractivity contribution is 6.32. The van der Waals surface area contributed by atoms with Gasteiger partial charge in [-0.05, 0) is 43.5 Å². The van der Waals surface area contributed by atoms with Crippen molar-refractivity contribution < 1.29 is 4.79 Å². The van der Waals surface area contributed by atoms with Crippen LogP contribution in [0.1, 0.15) is 34.9 Å². The molecule has 0 unspecified atom stereocenters. The average Bonchev–Trinajstić information content (AvgIpc) is 3.11. The zero-order chi connectivity index (χ0) is 13.4. The molecule has 1 amide bonds. The lowest BCUT2D eigenvalue weighted by Crippen LogP contribution is -2.17. The molecule has 19 heavy (non-hydrogen) atoms. The molecule has 0 aromatic carbocycles. The van der Waals surface area contributed by atoms with Gasteiger partial charge in [0.1, 0.15) is 5.69 Å². The van der Waals surface area contributed by atoms with Crippen molar-refractivity contribution in [2.45, 2.75) is 25.8 Å². The second-order valence-corrected chi connectivity index (χ2v) is 5.14. The number of amides is 1. The SMILES string of the molecule is Cc1ccnc(Cl)c1NC(=O)c1cccn1C1CC1. The highest BCUT2D eigenvalue weighted by Crippen LogP contribution is 2.36. The van der Waals surface area contributed by atoms with E-state index in [1.807, 2.05) is 35.9 Å². The number of pyridine rings is 1. The summed E-state index contributed by atoms with van der Waals surface area (Å²) in [5, 5.41) is 3.17. The fraction of sp³-hybridized carbons (Fsp3) is 0.286. The number of nitrogens with zero attached hydrogens (tertiary/aromatic N) is 2. The van der Waals surface area contributed by atoms with E-state index in [9.17, 15) is 4.79 Å². The number of halogens is 1. The Morgan fingerprint density at radius 3 is 2.95 bits per heavy atom. The van der Waals surface area contributed by atoms with Crippen LogP contribution in [0.5, 0.6) is 0 Å². The van der Waals surface area contributed by atoms with Crippen LogP contribution in [0.4, 0.5) is 5.69 Å². The Kier molecular flexibility index (Phi) is 3.03. The van der Waals surface area contributed by atoms with Crippen molar-refractivity contribution in [3.63, 3.8) is 0 Å². The molecular weight excluding hydrogens is 262 g/mol. The molecule has 5 heteroatoms. The van der Waals surface area contributed by atoms with Crippen molar-refractivity contribution in [1.29, 1.82) is 0 Å². The summed E-state index contributed by atoms with van der Waals surface area (Å²) in [6, 6.07) is 6.01. The maximum Gasteiger partial charge on any atom is 0.272 e. The van der Waals surface area contributed by atoms with Crippen molar-refractivity contribution in [3.05, 3.63) is 47.0 Å². The van der Waals surface area contributed by atoms with E-state index in [-0.39, 0.29) is 5.91 Å². The lowest BCUT2D eigenvalue weighted by atomic mass is 10.2. The Morgan fingerprint density at radius 1 is 1.47 bits per heavy atom. The summed E-state index contributed by atoms with van der Waals surface area (Å²) in [4.78, 5) is 16.3. The monoisotopic (exact) mass is 275 g/mol. The van der Waals surface area contributed by atoms with Gasteiger partial charge in [-0.1, -0.05) is 11.6 Å². The fourth-order valence-corrected chi connectivity index (χ4v) is 2.36. The Balaban J connectivity index is 1.87. The molecule has 98 valence electrons. The number of carbonyl (C=O) groups excluding carboxylic acids is 1. The van der Waals surface area contributed by atoms with Gasteiger partial charge >= 0.3 is 0 Å². The lowest BCUT2D eigenvalue weighted by Gasteiger charge is -2.11. The minimum absolute atomic E-state index is 0.144. The summed E-state index contributed by atoms with van der Waals surface area (Å²) in [6.45, 7) is 1.89. The number of anilines is 1. The normalized spacial score (nSPS) is 14.4. The van der Waals surface area contributed by atoms with Crippen molar-refractivity contribution in [3.8, 4) is 0 Å². The van der Waals surface area contributed by atoms with Gasteiger partial charge in [0, 0.05) is 18.4 Å². The topological polar surface area (TPSA) is 46.9 Å². The van der Waals surface area contributed by atoms with E-state index in [0.717, 1.165) is 18.4 Å². The molecule has 0 saturated heterocycles. The molecule has 1 aliphatic rings. The highest BCUT2D eigenvalue weighted by Gasteiger charge is 2.27. The van der Waals surface area contributed by atoms with Crippen LogP contribution in [0.25, 0.3) is 0 Å². The van der Waals surface area contributed by atoms with Crippen LogP contribution in [-0.4, -0.2) is 15.5 Å². The van der Waals surface area contributed by atoms with E-state index in [1.54, 1.807) is 6.20 Å². The van der Waals surface area contributed by atoms with Crippen molar-refractivity contribution in [1.82, 2.24) is 9.55 Å². The second-order valence-electron chi connectivity index (χ2n) is 4.78. The molecule has 4 nitrogen and oxygen atoms in total. The van der Waals surface area contributed by atoms with Crippen LogP contribution in [0.2, 0.25) is 5.15 Å². The largest absolute Gasteiger partial charge is 0.340 e. The molecule has 2 aromatic heterocycles. The van der Waals surface area contributed by atoms with E-state index >= 15 is 0 Å². The molecule has 1 fully saturated rings. The molecule has 1 N–H and O–H groups in total. The second kappa shape index (κ2) is 4.70. The van der Waals surface area contributed by atoms with Crippen molar-refractivity contribution in [2.24, 2.45) is 0 Å². The van der Waals surface area contributed by atoms with Crippen molar-refractivity contribution in [2.75, 3.05) is 5.32 Å². The van der Waals surface area contributed by atoms with Crippen LogP contribution >= 0.6 is 11.6 Å². The van der Waals surface area contributed by atoms with E-state index in [2.05, 4.69) is 10.3 Å². The first-order valence-electron chi connectivity index (χ1n) is 6.26.